The maximum absolute atomic E-state index is 6.01. The first-order valence-electron chi connectivity index (χ1n) is 6.89. The number of ether oxygens (including phenoxy) is 1. The van der Waals surface area contributed by atoms with E-state index in [2.05, 4.69) is 45.0 Å². The highest BCUT2D eigenvalue weighted by molar-refractivity contribution is 5.27. The smallest absolute Gasteiger partial charge is 0.119 e. The van der Waals surface area contributed by atoms with Gasteiger partial charge in [-0.25, -0.2) is 0 Å². The van der Waals surface area contributed by atoms with Gasteiger partial charge < -0.3 is 4.74 Å². The third-order valence-corrected chi connectivity index (χ3v) is 3.52. The van der Waals surface area contributed by atoms with Crippen molar-refractivity contribution < 1.29 is 4.74 Å². The zero-order chi connectivity index (χ0) is 12.3. The lowest BCUT2D eigenvalue weighted by Gasteiger charge is -2.14. The van der Waals surface area contributed by atoms with Crippen molar-refractivity contribution in [1.82, 2.24) is 0 Å². The molecule has 1 aromatic rings. The van der Waals surface area contributed by atoms with Crippen LogP contribution in [-0.4, -0.2) is 6.10 Å². The van der Waals surface area contributed by atoms with Gasteiger partial charge in [0, 0.05) is 0 Å². The topological polar surface area (TPSA) is 9.23 Å². The van der Waals surface area contributed by atoms with Crippen LogP contribution in [0, 0.1) is 11.8 Å². The van der Waals surface area contributed by atoms with Crippen LogP contribution in [0.4, 0.5) is 0 Å². The summed E-state index contributed by atoms with van der Waals surface area (Å²) in [7, 11) is 0. The predicted molar refractivity (Wildman–Crippen MR) is 72.4 cm³/mol. The summed E-state index contributed by atoms with van der Waals surface area (Å²) in [6, 6.07) is 8.66. The van der Waals surface area contributed by atoms with Crippen LogP contribution in [0.25, 0.3) is 0 Å². The molecule has 1 aliphatic rings. The Morgan fingerprint density at radius 2 is 1.88 bits per heavy atom. The van der Waals surface area contributed by atoms with Crippen LogP contribution < -0.4 is 4.74 Å². The zero-order valence-electron chi connectivity index (χ0n) is 11.3. The molecule has 94 valence electrons. The largest absolute Gasteiger partial charge is 0.490 e. The lowest BCUT2D eigenvalue weighted by atomic mass is 10.0. The van der Waals surface area contributed by atoms with Crippen LogP contribution in [0.5, 0.6) is 5.75 Å². The molecule has 0 N–H and O–H groups in total. The van der Waals surface area contributed by atoms with Crippen LogP contribution in [0.2, 0.25) is 0 Å². The van der Waals surface area contributed by atoms with E-state index in [0.29, 0.717) is 6.10 Å². The quantitative estimate of drug-likeness (QED) is 0.745. The van der Waals surface area contributed by atoms with E-state index in [1.54, 1.807) is 0 Å². The Morgan fingerprint density at radius 1 is 1.18 bits per heavy atom. The molecule has 0 unspecified atom stereocenters. The minimum Gasteiger partial charge on any atom is -0.490 e. The Hall–Kier alpha value is -0.980. The Balaban J connectivity index is 1.89. The van der Waals surface area contributed by atoms with Crippen molar-refractivity contribution >= 4 is 0 Å². The molecule has 0 aromatic heterocycles. The molecule has 0 radical (unpaired) electrons. The van der Waals surface area contributed by atoms with Crippen LogP contribution in [0.3, 0.4) is 0 Å². The Morgan fingerprint density at radius 3 is 2.41 bits per heavy atom. The number of rotatable bonds is 4. The third-order valence-electron chi connectivity index (χ3n) is 3.52. The molecule has 1 aliphatic carbocycles. The van der Waals surface area contributed by atoms with Gasteiger partial charge in [0.1, 0.15) is 5.75 Å². The molecule has 1 heteroatoms. The fraction of sp³-hybridized carbons (Fsp3) is 0.625. The van der Waals surface area contributed by atoms with E-state index >= 15 is 0 Å². The molecule has 0 heterocycles. The molecule has 1 fully saturated rings. The van der Waals surface area contributed by atoms with E-state index < -0.39 is 0 Å². The van der Waals surface area contributed by atoms with E-state index in [-0.39, 0.29) is 0 Å². The van der Waals surface area contributed by atoms with Crippen molar-refractivity contribution in [2.24, 2.45) is 11.8 Å². The van der Waals surface area contributed by atoms with Crippen LogP contribution in [0.1, 0.15) is 45.6 Å². The van der Waals surface area contributed by atoms with E-state index in [1.807, 2.05) is 0 Å². The summed E-state index contributed by atoms with van der Waals surface area (Å²) in [4.78, 5) is 0. The summed E-state index contributed by atoms with van der Waals surface area (Å²) in [5, 5.41) is 0. The summed E-state index contributed by atoms with van der Waals surface area (Å²) in [5.41, 5.74) is 1.41. The molecule has 17 heavy (non-hydrogen) atoms. The lowest BCUT2D eigenvalue weighted by molar-refractivity contribution is 0.205. The van der Waals surface area contributed by atoms with Crippen LogP contribution >= 0.6 is 0 Å². The molecule has 0 spiro atoms. The van der Waals surface area contributed by atoms with Gasteiger partial charge in [-0.15, -0.1) is 0 Å². The third kappa shape index (κ3) is 3.76. The second-order valence-electron chi connectivity index (χ2n) is 5.90. The molecule has 2 rings (SSSR count). The molecular formula is C16H24O. The van der Waals surface area contributed by atoms with Gasteiger partial charge >= 0.3 is 0 Å². The Bertz CT molecular complexity index is 339. The van der Waals surface area contributed by atoms with Gasteiger partial charge in [0.15, 0.2) is 0 Å². The average molecular weight is 232 g/mol. The summed E-state index contributed by atoms with van der Waals surface area (Å²) in [5.74, 6) is 2.59. The first-order chi connectivity index (χ1) is 8.13. The van der Waals surface area contributed by atoms with Gasteiger partial charge in [0.2, 0.25) is 0 Å². The lowest BCUT2D eigenvalue weighted by Crippen LogP contribution is -2.11. The number of benzene rings is 1. The molecule has 2 atom stereocenters. The zero-order valence-corrected chi connectivity index (χ0v) is 11.3. The summed E-state index contributed by atoms with van der Waals surface area (Å²) < 4.78 is 6.01. The second kappa shape index (κ2) is 5.57. The maximum atomic E-state index is 6.01. The van der Waals surface area contributed by atoms with Gasteiger partial charge in [-0.3, -0.25) is 0 Å². The van der Waals surface area contributed by atoms with E-state index in [9.17, 15) is 0 Å². The van der Waals surface area contributed by atoms with Crippen molar-refractivity contribution in [3.63, 3.8) is 0 Å². The molecule has 0 aliphatic heterocycles. The molecule has 0 saturated heterocycles. The maximum Gasteiger partial charge on any atom is 0.119 e. The highest BCUT2D eigenvalue weighted by Gasteiger charge is 2.22. The molecule has 1 saturated carbocycles. The molecule has 0 amide bonds. The van der Waals surface area contributed by atoms with Crippen LogP contribution in [0.15, 0.2) is 24.3 Å². The minimum atomic E-state index is 0.445. The van der Waals surface area contributed by atoms with E-state index in [4.69, 9.17) is 4.74 Å². The SMILES string of the molecule is CC(C)Cc1ccc(O[C@@H]2CC[C@H](C)C2)cc1. The fourth-order valence-electron chi connectivity index (χ4n) is 2.63. The average Bonchev–Trinajstić information content (AvgIpc) is 2.66. The Labute approximate surface area is 105 Å². The van der Waals surface area contributed by atoms with Gasteiger partial charge in [0.25, 0.3) is 0 Å². The second-order valence-corrected chi connectivity index (χ2v) is 5.90. The van der Waals surface area contributed by atoms with Crippen molar-refractivity contribution in [1.29, 1.82) is 0 Å². The first-order valence-corrected chi connectivity index (χ1v) is 6.89. The van der Waals surface area contributed by atoms with Gasteiger partial charge in [-0.1, -0.05) is 32.9 Å². The highest BCUT2D eigenvalue weighted by atomic mass is 16.5. The molecule has 0 bridgehead atoms. The molecule has 1 nitrogen and oxygen atoms in total. The normalized spacial score (nSPS) is 24.2. The molecule has 1 aromatic carbocycles. The monoisotopic (exact) mass is 232 g/mol. The number of hydrogen-bond donors (Lipinski definition) is 0. The Kier molecular flexibility index (Phi) is 4.09. The fourth-order valence-corrected chi connectivity index (χ4v) is 2.63. The van der Waals surface area contributed by atoms with Crippen LogP contribution in [-0.2, 0) is 6.42 Å². The van der Waals surface area contributed by atoms with Crippen molar-refractivity contribution in [3.8, 4) is 5.75 Å². The predicted octanol–water partition coefficient (Wildman–Crippen LogP) is 4.45. The van der Waals surface area contributed by atoms with Gasteiger partial charge in [0.05, 0.1) is 6.10 Å². The van der Waals surface area contributed by atoms with Crippen molar-refractivity contribution in [2.75, 3.05) is 0 Å². The van der Waals surface area contributed by atoms with Crippen molar-refractivity contribution in [2.45, 2.75) is 52.6 Å². The standard InChI is InChI=1S/C16H24O/c1-12(2)10-14-5-8-15(9-6-14)17-16-7-4-13(3)11-16/h5-6,8-9,12-13,16H,4,7,10-11H2,1-3H3/t13-,16+/m0/s1. The van der Waals surface area contributed by atoms with Crippen molar-refractivity contribution in [3.05, 3.63) is 29.8 Å². The first kappa shape index (κ1) is 12.5. The number of hydrogen-bond acceptors (Lipinski definition) is 1. The van der Waals surface area contributed by atoms with Gasteiger partial charge in [-0.2, -0.15) is 0 Å². The summed E-state index contributed by atoms with van der Waals surface area (Å²) in [6.45, 7) is 6.82. The van der Waals surface area contributed by atoms with E-state index in [1.165, 1.54) is 24.8 Å². The summed E-state index contributed by atoms with van der Waals surface area (Å²) >= 11 is 0. The van der Waals surface area contributed by atoms with E-state index in [0.717, 1.165) is 24.0 Å². The van der Waals surface area contributed by atoms with Gasteiger partial charge in [-0.05, 0) is 55.2 Å². The molecular weight excluding hydrogens is 208 g/mol. The minimum absolute atomic E-state index is 0.445. The summed E-state index contributed by atoms with van der Waals surface area (Å²) in [6.07, 6.45) is 5.35. The highest BCUT2D eigenvalue weighted by Crippen LogP contribution is 2.28.